The lowest BCUT2D eigenvalue weighted by Gasteiger charge is -2.15. The van der Waals surface area contributed by atoms with Gasteiger partial charge in [-0.15, -0.1) is 0 Å². The van der Waals surface area contributed by atoms with Crippen LogP contribution in [0.5, 0.6) is 5.88 Å². The first-order valence-electron chi connectivity index (χ1n) is 10.8. The van der Waals surface area contributed by atoms with Gasteiger partial charge in [0.15, 0.2) is 11.6 Å². The first-order chi connectivity index (χ1) is 16.4. The first-order valence-corrected chi connectivity index (χ1v) is 11.2. The number of nitrogens with zero attached hydrogens (tertiary/aromatic N) is 1. The number of esters is 1. The molecule has 34 heavy (non-hydrogen) atoms. The lowest BCUT2D eigenvalue weighted by atomic mass is 9.96. The standard InChI is InChI=1S/C26H21ClF3NO3/c1-2-33-26(32)21-11-16(7-9-22(21)28)18-4-3-5-19(18)20-12-17(27)13-31-25(20)34-14-15-6-8-23(29)24(30)10-15/h6-13H,2-5,14H2,1H3. The van der Waals surface area contributed by atoms with Gasteiger partial charge in [-0.1, -0.05) is 23.7 Å². The van der Waals surface area contributed by atoms with E-state index in [1.54, 1.807) is 19.1 Å². The van der Waals surface area contributed by atoms with Gasteiger partial charge >= 0.3 is 5.97 Å². The van der Waals surface area contributed by atoms with E-state index in [4.69, 9.17) is 21.1 Å². The quantitative estimate of drug-likeness (QED) is 0.336. The molecule has 0 aliphatic heterocycles. The molecule has 0 fully saturated rings. The molecule has 0 spiro atoms. The van der Waals surface area contributed by atoms with Crippen LogP contribution < -0.4 is 4.74 Å². The molecule has 0 saturated heterocycles. The maximum absolute atomic E-state index is 14.3. The minimum Gasteiger partial charge on any atom is -0.472 e. The minimum absolute atomic E-state index is 0.0228. The largest absolute Gasteiger partial charge is 0.472 e. The molecule has 1 aliphatic rings. The Morgan fingerprint density at radius 3 is 2.53 bits per heavy atom. The van der Waals surface area contributed by atoms with Gasteiger partial charge in [0.2, 0.25) is 5.88 Å². The van der Waals surface area contributed by atoms with E-state index in [2.05, 4.69) is 4.98 Å². The average molecular weight is 488 g/mol. The number of rotatable bonds is 7. The molecule has 0 N–H and O–H groups in total. The van der Waals surface area contributed by atoms with Crippen molar-refractivity contribution in [2.45, 2.75) is 32.8 Å². The third-order valence-corrected chi connectivity index (χ3v) is 5.74. The Bertz CT molecular complexity index is 1280. The summed E-state index contributed by atoms with van der Waals surface area (Å²) in [5.41, 5.74) is 3.51. The van der Waals surface area contributed by atoms with Gasteiger partial charge in [-0.2, -0.15) is 0 Å². The maximum atomic E-state index is 14.3. The van der Waals surface area contributed by atoms with Crippen molar-refractivity contribution < 1.29 is 27.4 Å². The summed E-state index contributed by atoms with van der Waals surface area (Å²) in [5.74, 6) is -2.98. The van der Waals surface area contributed by atoms with Gasteiger partial charge in [-0.05, 0) is 78.8 Å². The molecule has 176 valence electrons. The van der Waals surface area contributed by atoms with E-state index in [9.17, 15) is 18.0 Å². The topological polar surface area (TPSA) is 48.4 Å². The van der Waals surface area contributed by atoms with Crippen molar-refractivity contribution in [3.05, 3.63) is 93.4 Å². The number of allylic oxidation sites excluding steroid dienone is 2. The molecule has 3 aromatic rings. The molecular weight excluding hydrogens is 467 g/mol. The number of carbonyl (C=O) groups excluding carboxylic acids is 1. The Hall–Kier alpha value is -3.32. The number of carbonyl (C=O) groups is 1. The van der Waals surface area contributed by atoms with Crippen molar-refractivity contribution in [1.82, 2.24) is 4.98 Å². The number of pyridine rings is 1. The normalized spacial score (nSPS) is 13.3. The lowest BCUT2D eigenvalue weighted by molar-refractivity contribution is 0.0521. The molecule has 0 atom stereocenters. The molecule has 4 rings (SSSR count). The summed E-state index contributed by atoms with van der Waals surface area (Å²) in [6.45, 7) is 1.78. The molecule has 0 radical (unpaired) electrons. The fourth-order valence-corrected chi connectivity index (χ4v) is 4.13. The number of benzene rings is 2. The number of halogens is 4. The highest BCUT2D eigenvalue weighted by atomic mass is 35.5. The Morgan fingerprint density at radius 2 is 1.76 bits per heavy atom. The van der Waals surface area contributed by atoms with E-state index in [0.717, 1.165) is 29.7 Å². The van der Waals surface area contributed by atoms with Crippen LogP contribution in [0.25, 0.3) is 11.1 Å². The highest BCUT2D eigenvalue weighted by molar-refractivity contribution is 6.30. The molecule has 0 unspecified atom stereocenters. The number of hydrogen-bond acceptors (Lipinski definition) is 4. The lowest BCUT2D eigenvalue weighted by Crippen LogP contribution is -2.08. The molecule has 1 aromatic heterocycles. The van der Waals surface area contributed by atoms with E-state index in [1.807, 2.05) is 0 Å². The van der Waals surface area contributed by atoms with Crippen molar-refractivity contribution in [2.75, 3.05) is 6.61 Å². The van der Waals surface area contributed by atoms with Crippen LogP contribution in [0.4, 0.5) is 13.2 Å². The summed E-state index contributed by atoms with van der Waals surface area (Å²) >= 11 is 6.22. The monoisotopic (exact) mass is 487 g/mol. The number of ether oxygens (including phenoxy) is 2. The molecule has 1 heterocycles. The predicted molar refractivity (Wildman–Crippen MR) is 123 cm³/mol. The summed E-state index contributed by atoms with van der Waals surface area (Å²) < 4.78 is 51.9. The Morgan fingerprint density at radius 1 is 1.00 bits per heavy atom. The van der Waals surface area contributed by atoms with Crippen LogP contribution in [-0.2, 0) is 11.3 Å². The molecule has 0 saturated carbocycles. The second kappa shape index (κ2) is 10.3. The zero-order chi connectivity index (χ0) is 24.2. The van der Waals surface area contributed by atoms with Crippen molar-refractivity contribution >= 4 is 28.7 Å². The molecule has 8 heteroatoms. The van der Waals surface area contributed by atoms with Gasteiger partial charge in [0.05, 0.1) is 17.2 Å². The van der Waals surface area contributed by atoms with E-state index >= 15 is 0 Å². The Labute approximate surface area is 200 Å². The maximum Gasteiger partial charge on any atom is 0.341 e. The summed E-state index contributed by atoms with van der Waals surface area (Å²) in [4.78, 5) is 16.5. The van der Waals surface area contributed by atoms with Crippen molar-refractivity contribution in [1.29, 1.82) is 0 Å². The van der Waals surface area contributed by atoms with Crippen LogP contribution in [0.1, 0.15) is 53.2 Å². The molecule has 2 aromatic carbocycles. The van der Waals surface area contributed by atoms with Gasteiger partial charge < -0.3 is 9.47 Å². The van der Waals surface area contributed by atoms with Crippen LogP contribution in [0.3, 0.4) is 0 Å². The fourth-order valence-electron chi connectivity index (χ4n) is 3.98. The number of hydrogen-bond donors (Lipinski definition) is 0. The third kappa shape index (κ3) is 5.09. The van der Waals surface area contributed by atoms with Crippen molar-refractivity contribution in [2.24, 2.45) is 0 Å². The van der Waals surface area contributed by atoms with Crippen molar-refractivity contribution in [3.8, 4) is 5.88 Å². The van der Waals surface area contributed by atoms with Gasteiger partial charge in [-0.25, -0.2) is 22.9 Å². The van der Waals surface area contributed by atoms with Gasteiger partial charge in [0.1, 0.15) is 12.4 Å². The molecule has 1 aliphatic carbocycles. The molecule has 4 nitrogen and oxygen atoms in total. The summed E-state index contributed by atoms with van der Waals surface area (Å²) in [6.07, 6.45) is 3.69. The highest BCUT2D eigenvalue weighted by Gasteiger charge is 2.24. The third-order valence-electron chi connectivity index (χ3n) is 5.53. The molecule has 0 amide bonds. The summed E-state index contributed by atoms with van der Waals surface area (Å²) in [6, 6.07) is 9.64. The second-order valence-electron chi connectivity index (χ2n) is 7.77. The SMILES string of the molecule is CCOC(=O)c1cc(C2=C(c3cc(Cl)cnc3OCc3ccc(F)c(F)c3)CCC2)ccc1F. The second-order valence-corrected chi connectivity index (χ2v) is 8.21. The smallest absolute Gasteiger partial charge is 0.341 e. The molecule has 0 bridgehead atoms. The summed E-state index contributed by atoms with van der Waals surface area (Å²) in [7, 11) is 0. The van der Waals surface area contributed by atoms with Crippen LogP contribution in [0, 0.1) is 17.5 Å². The predicted octanol–water partition coefficient (Wildman–Crippen LogP) is 7.00. The summed E-state index contributed by atoms with van der Waals surface area (Å²) in [5, 5.41) is 0.403. The number of aromatic nitrogens is 1. The van der Waals surface area contributed by atoms with E-state index < -0.39 is 23.4 Å². The van der Waals surface area contributed by atoms with Gasteiger partial charge in [0, 0.05) is 11.8 Å². The van der Waals surface area contributed by atoms with Gasteiger partial charge in [-0.3, -0.25) is 0 Å². The zero-order valence-corrected chi connectivity index (χ0v) is 19.1. The fraction of sp³-hybridized carbons (Fsp3) is 0.231. The van der Waals surface area contributed by atoms with Crippen molar-refractivity contribution in [3.63, 3.8) is 0 Å². The van der Waals surface area contributed by atoms with Gasteiger partial charge in [0.25, 0.3) is 0 Å². The Balaban J connectivity index is 1.70. The van der Waals surface area contributed by atoms with Crippen LogP contribution >= 0.6 is 11.6 Å². The highest BCUT2D eigenvalue weighted by Crippen LogP contribution is 2.43. The van der Waals surface area contributed by atoms with Crippen LogP contribution in [0.15, 0.2) is 48.7 Å². The van der Waals surface area contributed by atoms with Crippen LogP contribution in [0.2, 0.25) is 5.02 Å². The Kier molecular flexibility index (Phi) is 7.22. The minimum atomic E-state index is -0.958. The first kappa shape index (κ1) is 23.8. The van der Waals surface area contributed by atoms with E-state index in [0.29, 0.717) is 34.6 Å². The zero-order valence-electron chi connectivity index (χ0n) is 18.3. The van der Waals surface area contributed by atoms with Crippen LogP contribution in [-0.4, -0.2) is 17.6 Å². The van der Waals surface area contributed by atoms with E-state index in [1.165, 1.54) is 24.4 Å². The molecular formula is C26H21ClF3NO3. The average Bonchev–Trinajstić information content (AvgIpc) is 3.30. The van der Waals surface area contributed by atoms with E-state index in [-0.39, 0.29) is 24.7 Å².